The van der Waals surface area contributed by atoms with E-state index in [-0.39, 0.29) is 16.5 Å². The summed E-state index contributed by atoms with van der Waals surface area (Å²) in [7, 11) is -2.75. The van der Waals surface area contributed by atoms with Crippen molar-refractivity contribution >= 4 is 15.9 Å². The van der Waals surface area contributed by atoms with Crippen molar-refractivity contribution in [2.24, 2.45) is 0 Å². The molecule has 2 heterocycles. The van der Waals surface area contributed by atoms with Crippen LogP contribution in [-0.2, 0) is 22.2 Å². The van der Waals surface area contributed by atoms with Crippen LogP contribution >= 0.6 is 0 Å². The Morgan fingerprint density at radius 3 is 2.63 bits per heavy atom. The summed E-state index contributed by atoms with van der Waals surface area (Å²) in [5, 5.41) is 14.2. The monoisotopic (exact) mass is 430 g/mol. The molecule has 9 nitrogen and oxygen atoms in total. The number of amides is 1. The first kappa shape index (κ1) is 21.5. The van der Waals surface area contributed by atoms with Crippen molar-refractivity contribution in [1.82, 2.24) is 19.5 Å². The molecular formula is C20H22N4O5S. The molecule has 3 rings (SSSR count). The van der Waals surface area contributed by atoms with E-state index >= 15 is 0 Å². The predicted molar refractivity (Wildman–Crippen MR) is 108 cm³/mol. The Hall–Kier alpha value is -3.24. The van der Waals surface area contributed by atoms with Gasteiger partial charge in [-0.1, -0.05) is 12.1 Å². The van der Waals surface area contributed by atoms with Crippen molar-refractivity contribution in [3.8, 4) is 5.88 Å². The molecule has 10 heteroatoms. The van der Waals surface area contributed by atoms with Gasteiger partial charge in [0.05, 0.1) is 24.2 Å². The topological polar surface area (TPSA) is 123 Å². The smallest absolute Gasteiger partial charge is 0.283 e. The largest absolute Gasteiger partial charge is 0.481 e. The van der Waals surface area contributed by atoms with Gasteiger partial charge in [-0.15, -0.1) is 0 Å². The zero-order chi connectivity index (χ0) is 21.9. The number of pyridine rings is 1. The van der Waals surface area contributed by atoms with Crippen molar-refractivity contribution < 1.29 is 23.1 Å². The Bertz CT molecular complexity index is 1150. The van der Waals surface area contributed by atoms with Gasteiger partial charge in [0.1, 0.15) is 5.69 Å². The number of benzene rings is 1. The molecule has 2 N–H and O–H groups in total. The molecule has 0 aliphatic rings. The average molecular weight is 430 g/mol. The highest BCUT2D eigenvalue weighted by Crippen LogP contribution is 2.23. The standard InChI is InChI=1S/C20H22N4O5S/c1-20(2,26)15-6-4-7-16(12-15)30(27,28)23-18(25)17-9-8-14(19(22-17)29-3)13-24-11-5-10-21-24/h4-12,26H,13H2,1-3H3,(H,23,25). The van der Waals surface area contributed by atoms with Gasteiger partial charge in [-0.2, -0.15) is 5.10 Å². The zero-order valence-electron chi connectivity index (χ0n) is 16.7. The molecule has 158 valence electrons. The Labute approximate surface area is 174 Å². The minimum Gasteiger partial charge on any atom is -0.481 e. The molecular weight excluding hydrogens is 408 g/mol. The van der Waals surface area contributed by atoms with E-state index in [2.05, 4.69) is 10.1 Å². The van der Waals surface area contributed by atoms with E-state index < -0.39 is 21.5 Å². The molecule has 1 aromatic carbocycles. The van der Waals surface area contributed by atoms with Gasteiger partial charge < -0.3 is 9.84 Å². The molecule has 0 saturated carbocycles. The average Bonchev–Trinajstić information content (AvgIpc) is 3.20. The van der Waals surface area contributed by atoms with Gasteiger partial charge in [0.25, 0.3) is 15.9 Å². The first-order valence-electron chi connectivity index (χ1n) is 9.01. The van der Waals surface area contributed by atoms with E-state index in [1.165, 1.54) is 45.2 Å². The SMILES string of the molecule is COc1nc(C(=O)NS(=O)(=O)c2cccc(C(C)(C)O)c2)ccc1Cn1cccn1. The first-order valence-corrected chi connectivity index (χ1v) is 10.5. The Morgan fingerprint density at radius 1 is 1.23 bits per heavy atom. The Morgan fingerprint density at radius 2 is 2.00 bits per heavy atom. The third kappa shape index (κ3) is 4.84. The second-order valence-electron chi connectivity index (χ2n) is 7.09. The highest BCUT2D eigenvalue weighted by molar-refractivity contribution is 7.90. The summed E-state index contributed by atoms with van der Waals surface area (Å²) < 4.78 is 34.2. The van der Waals surface area contributed by atoms with Gasteiger partial charge in [0.15, 0.2) is 0 Å². The van der Waals surface area contributed by atoms with Crippen LogP contribution in [0.4, 0.5) is 0 Å². The minimum atomic E-state index is -4.17. The van der Waals surface area contributed by atoms with E-state index in [9.17, 15) is 18.3 Å². The summed E-state index contributed by atoms with van der Waals surface area (Å²) >= 11 is 0. The number of rotatable bonds is 7. The van der Waals surface area contributed by atoms with Crippen LogP contribution < -0.4 is 9.46 Å². The zero-order valence-corrected chi connectivity index (χ0v) is 17.5. The summed E-state index contributed by atoms with van der Waals surface area (Å²) in [4.78, 5) is 16.5. The van der Waals surface area contributed by atoms with E-state index in [1.807, 2.05) is 4.72 Å². The summed E-state index contributed by atoms with van der Waals surface area (Å²) in [6, 6.07) is 10.6. The number of hydrogen-bond donors (Lipinski definition) is 2. The van der Waals surface area contributed by atoms with Crippen molar-refractivity contribution in [2.75, 3.05) is 7.11 Å². The summed E-state index contributed by atoms with van der Waals surface area (Å²) in [5.41, 5.74) is -0.258. The lowest BCUT2D eigenvalue weighted by Gasteiger charge is -2.18. The Balaban J connectivity index is 1.83. The van der Waals surface area contributed by atoms with Gasteiger partial charge in [-0.05, 0) is 49.7 Å². The number of nitrogens with zero attached hydrogens (tertiary/aromatic N) is 3. The fourth-order valence-corrected chi connectivity index (χ4v) is 3.74. The highest BCUT2D eigenvalue weighted by Gasteiger charge is 2.23. The number of ether oxygens (including phenoxy) is 1. The fourth-order valence-electron chi connectivity index (χ4n) is 2.74. The summed E-state index contributed by atoms with van der Waals surface area (Å²) in [6.07, 6.45) is 3.41. The van der Waals surface area contributed by atoms with Gasteiger partial charge in [0, 0.05) is 18.0 Å². The molecule has 0 unspecified atom stereocenters. The normalized spacial score (nSPS) is 11.9. The molecule has 2 aromatic heterocycles. The maximum Gasteiger partial charge on any atom is 0.283 e. The third-order valence-electron chi connectivity index (χ3n) is 4.33. The number of nitrogens with one attached hydrogen (secondary N) is 1. The third-order valence-corrected chi connectivity index (χ3v) is 5.66. The molecule has 0 aliphatic heterocycles. The lowest BCUT2D eigenvalue weighted by molar-refractivity contribution is 0.0783. The van der Waals surface area contributed by atoms with Crippen molar-refractivity contribution in [3.63, 3.8) is 0 Å². The summed E-state index contributed by atoms with van der Waals surface area (Å²) in [5.74, 6) is -0.702. The maximum atomic E-state index is 12.6. The van der Waals surface area contributed by atoms with E-state index in [0.29, 0.717) is 17.7 Å². The van der Waals surface area contributed by atoms with E-state index in [0.717, 1.165) is 0 Å². The van der Waals surface area contributed by atoms with Crippen LogP contribution in [0.1, 0.15) is 35.5 Å². The van der Waals surface area contributed by atoms with E-state index in [1.54, 1.807) is 35.3 Å². The maximum absolute atomic E-state index is 12.6. The Kier molecular flexibility index (Phi) is 5.90. The number of aromatic nitrogens is 3. The number of carbonyl (C=O) groups excluding carboxylic acids is 1. The minimum absolute atomic E-state index is 0.113. The van der Waals surface area contributed by atoms with Crippen molar-refractivity contribution in [1.29, 1.82) is 0 Å². The first-order chi connectivity index (χ1) is 14.1. The predicted octanol–water partition coefficient (Wildman–Crippen LogP) is 1.68. The molecule has 0 aliphatic carbocycles. The lowest BCUT2D eigenvalue weighted by atomic mass is 9.99. The molecule has 30 heavy (non-hydrogen) atoms. The van der Waals surface area contributed by atoms with Crippen LogP contribution in [0.25, 0.3) is 0 Å². The fraction of sp³-hybridized carbons (Fsp3) is 0.250. The molecule has 0 atom stereocenters. The van der Waals surface area contributed by atoms with Crippen LogP contribution in [0.2, 0.25) is 0 Å². The molecule has 0 bridgehead atoms. The molecule has 0 fully saturated rings. The van der Waals surface area contributed by atoms with Crippen LogP contribution in [0.15, 0.2) is 59.8 Å². The van der Waals surface area contributed by atoms with Gasteiger partial charge in [-0.3, -0.25) is 9.48 Å². The molecule has 0 radical (unpaired) electrons. The highest BCUT2D eigenvalue weighted by atomic mass is 32.2. The van der Waals surface area contributed by atoms with Crippen LogP contribution in [0.5, 0.6) is 5.88 Å². The van der Waals surface area contributed by atoms with Crippen molar-refractivity contribution in [2.45, 2.75) is 30.9 Å². The van der Waals surface area contributed by atoms with Crippen LogP contribution in [-0.4, -0.2) is 41.3 Å². The molecule has 1 amide bonds. The van der Waals surface area contributed by atoms with Gasteiger partial charge in [0.2, 0.25) is 5.88 Å². The number of hydrogen-bond acceptors (Lipinski definition) is 7. The van der Waals surface area contributed by atoms with Crippen LogP contribution in [0.3, 0.4) is 0 Å². The van der Waals surface area contributed by atoms with E-state index in [4.69, 9.17) is 4.74 Å². The number of methoxy groups -OCH3 is 1. The molecule has 3 aromatic rings. The quantitative estimate of drug-likeness (QED) is 0.584. The van der Waals surface area contributed by atoms with Crippen LogP contribution in [0, 0.1) is 0 Å². The lowest BCUT2D eigenvalue weighted by Crippen LogP contribution is -2.31. The second-order valence-corrected chi connectivity index (χ2v) is 8.77. The molecule has 0 saturated heterocycles. The van der Waals surface area contributed by atoms with Gasteiger partial charge >= 0.3 is 0 Å². The number of aliphatic hydroxyl groups is 1. The molecule has 0 spiro atoms. The number of sulfonamides is 1. The van der Waals surface area contributed by atoms with Gasteiger partial charge in [-0.25, -0.2) is 18.1 Å². The summed E-state index contributed by atoms with van der Waals surface area (Å²) in [6.45, 7) is 3.46. The second kappa shape index (κ2) is 8.25. The van der Waals surface area contributed by atoms with Crippen molar-refractivity contribution in [3.05, 3.63) is 71.7 Å². The number of carbonyl (C=O) groups is 1.